The van der Waals surface area contributed by atoms with Gasteiger partial charge in [-0.2, -0.15) is 0 Å². The molecule has 1 atom stereocenters. The van der Waals surface area contributed by atoms with E-state index >= 15 is 0 Å². The molecule has 0 fully saturated rings. The smallest absolute Gasteiger partial charge is 0.0846 e. The average Bonchev–Trinajstić information content (AvgIpc) is 2.96. The van der Waals surface area contributed by atoms with Crippen molar-refractivity contribution in [3.8, 4) is 22.3 Å². The normalized spacial score (nSPS) is 13.6. The van der Waals surface area contributed by atoms with Gasteiger partial charge in [-0.15, -0.1) is 0 Å². The molecule has 0 heterocycles. The Morgan fingerprint density at radius 1 is 0.619 bits per heavy atom. The second-order valence-corrected chi connectivity index (χ2v) is 12.8. The number of anilines is 1. The van der Waals surface area contributed by atoms with Crippen LogP contribution >= 0.6 is 0 Å². The SMILES string of the molecule is CCC(C)(Nc1ccc(C)cc1)c1ccc(-c2cc(C(C)(C)O)c(-c3cccc4ccccc34)cc2C(C)(C)O)cc1. The van der Waals surface area contributed by atoms with Gasteiger partial charge in [-0.3, -0.25) is 0 Å². The fourth-order valence-corrected chi connectivity index (χ4v) is 5.87. The van der Waals surface area contributed by atoms with E-state index in [9.17, 15) is 10.2 Å². The van der Waals surface area contributed by atoms with Crippen molar-refractivity contribution in [2.75, 3.05) is 5.32 Å². The summed E-state index contributed by atoms with van der Waals surface area (Å²) < 4.78 is 0. The largest absolute Gasteiger partial charge is 0.386 e. The van der Waals surface area contributed by atoms with Crippen molar-refractivity contribution in [3.63, 3.8) is 0 Å². The first-order valence-electron chi connectivity index (χ1n) is 14.9. The zero-order valence-electron chi connectivity index (χ0n) is 25.9. The lowest BCUT2D eigenvalue weighted by atomic mass is 9.79. The molecule has 0 amide bonds. The van der Waals surface area contributed by atoms with Gasteiger partial charge >= 0.3 is 0 Å². The fraction of sp³-hybridized carbons (Fsp3) is 0.282. The second-order valence-electron chi connectivity index (χ2n) is 12.8. The van der Waals surface area contributed by atoms with Crippen LogP contribution in [-0.2, 0) is 16.7 Å². The third kappa shape index (κ3) is 5.86. The first-order valence-corrected chi connectivity index (χ1v) is 14.9. The van der Waals surface area contributed by atoms with Crippen molar-refractivity contribution in [2.45, 2.75) is 71.6 Å². The number of nitrogens with one attached hydrogen (secondary N) is 1. The highest BCUT2D eigenvalue weighted by Gasteiger charge is 2.29. The summed E-state index contributed by atoms with van der Waals surface area (Å²) in [6.07, 6.45) is 0.914. The first kappa shape index (κ1) is 29.6. The molecule has 0 aliphatic carbocycles. The van der Waals surface area contributed by atoms with Crippen LogP contribution in [0.25, 0.3) is 33.0 Å². The van der Waals surface area contributed by atoms with Crippen molar-refractivity contribution < 1.29 is 10.2 Å². The summed E-state index contributed by atoms with van der Waals surface area (Å²) in [6.45, 7) is 13.8. The molecule has 0 radical (unpaired) electrons. The van der Waals surface area contributed by atoms with E-state index in [-0.39, 0.29) is 5.54 Å². The minimum Gasteiger partial charge on any atom is -0.386 e. The number of aryl methyl sites for hydroxylation is 1. The second kappa shape index (κ2) is 11.1. The quantitative estimate of drug-likeness (QED) is 0.178. The van der Waals surface area contributed by atoms with Gasteiger partial charge in [0.2, 0.25) is 0 Å². The van der Waals surface area contributed by atoms with Gasteiger partial charge in [-0.05, 0) is 122 Å². The molecule has 5 aromatic rings. The van der Waals surface area contributed by atoms with Crippen LogP contribution in [0.15, 0.2) is 103 Å². The Morgan fingerprint density at radius 2 is 1.19 bits per heavy atom. The van der Waals surface area contributed by atoms with Crippen LogP contribution < -0.4 is 5.32 Å². The topological polar surface area (TPSA) is 52.5 Å². The molecular weight excluding hydrogens is 514 g/mol. The third-order valence-corrected chi connectivity index (χ3v) is 8.57. The van der Waals surface area contributed by atoms with Crippen molar-refractivity contribution in [1.29, 1.82) is 0 Å². The lowest BCUT2D eigenvalue weighted by Crippen LogP contribution is -2.31. The maximum Gasteiger partial charge on any atom is 0.0846 e. The van der Waals surface area contributed by atoms with Gasteiger partial charge < -0.3 is 15.5 Å². The molecule has 3 heteroatoms. The van der Waals surface area contributed by atoms with E-state index in [4.69, 9.17) is 0 Å². The van der Waals surface area contributed by atoms with E-state index < -0.39 is 11.2 Å². The monoisotopic (exact) mass is 557 g/mol. The molecule has 216 valence electrons. The number of hydrogen-bond acceptors (Lipinski definition) is 3. The van der Waals surface area contributed by atoms with Crippen LogP contribution in [0.3, 0.4) is 0 Å². The maximum atomic E-state index is 11.4. The van der Waals surface area contributed by atoms with Gasteiger partial charge in [-0.1, -0.05) is 91.3 Å². The van der Waals surface area contributed by atoms with Crippen molar-refractivity contribution in [2.24, 2.45) is 0 Å². The highest BCUT2D eigenvalue weighted by atomic mass is 16.3. The zero-order valence-corrected chi connectivity index (χ0v) is 25.9. The van der Waals surface area contributed by atoms with Crippen molar-refractivity contribution >= 4 is 16.5 Å². The van der Waals surface area contributed by atoms with Gasteiger partial charge in [0, 0.05) is 5.69 Å². The van der Waals surface area contributed by atoms with E-state index in [2.05, 4.69) is 117 Å². The molecule has 0 bridgehead atoms. The predicted molar refractivity (Wildman–Crippen MR) is 178 cm³/mol. The molecule has 0 saturated carbocycles. The van der Waals surface area contributed by atoms with Crippen LogP contribution in [0.2, 0.25) is 0 Å². The van der Waals surface area contributed by atoms with E-state index in [0.29, 0.717) is 0 Å². The fourth-order valence-electron chi connectivity index (χ4n) is 5.87. The molecule has 5 rings (SSSR count). The Hall–Kier alpha value is -3.92. The molecule has 42 heavy (non-hydrogen) atoms. The Bertz CT molecular complexity index is 1700. The minimum atomic E-state index is -1.10. The maximum absolute atomic E-state index is 11.4. The molecular formula is C39H43NO2. The summed E-state index contributed by atoms with van der Waals surface area (Å²) in [6, 6.07) is 35.8. The third-order valence-electron chi connectivity index (χ3n) is 8.57. The number of aliphatic hydroxyl groups is 2. The summed E-state index contributed by atoms with van der Waals surface area (Å²) in [5.41, 5.74) is 6.61. The summed E-state index contributed by atoms with van der Waals surface area (Å²) in [5.74, 6) is 0. The molecule has 0 saturated heterocycles. The van der Waals surface area contributed by atoms with Crippen LogP contribution in [0, 0.1) is 6.92 Å². The number of rotatable bonds is 8. The van der Waals surface area contributed by atoms with Gasteiger partial charge in [0.1, 0.15) is 0 Å². The molecule has 0 spiro atoms. The summed E-state index contributed by atoms with van der Waals surface area (Å²) in [5, 5.41) is 28.9. The van der Waals surface area contributed by atoms with Crippen LogP contribution in [0.1, 0.15) is 70.2 Å². The van der Waals surface area contributed by atoms with E-state index in [1.807, 2.05) is 39.8 Å². The Kier molecular flexibility index (Phi) is 7.78. The minimum absolute atomic E-state index is 0.247. The summed E-state index contributed by atoms with van der Waals surface area (Å²) >= 11 is 0. The molecule has 0 aliphatic heterocycles. The number of hydrogen-bond donors (Lipinski definition) is 3. The van der Waals surface area contributed by atoms with Crippen molar-refractivity contribution in [1.82, 2.24) is 0 Å². The van der Waals surface area contributed by atoms with Gasteiger partial charge in [0.15, 0.2) is 0 Å². The Morgan fingerprint density at radius 3 is 1.81 bits per heavy atom. The van der Waals surface area contributed by atoms with E-state index in [0.717, 1.165) is 56.3 Å². The number of fused-ring (bicyclic) bond motifs is 1. The average molecular weight is 558 g/mol. The van der Waals surface area contributed by atoms with E-state index in [1.54, 1.807) is 0 Å². The van der Waals surface area contributed by atoms with Gasteiger partial charge in [-0.25, -0.2) is 0 Å². The molecule has 5 aromatic carbocycles. The lowest BCUT2D eigenvalue weighted by molar-refractivity contribution is 0.0753. The molecule has 3 N–H and O–H groups in total. The van der Waals surface area contributed by atoms with Crippen LogP contribution in [0.4, 0.5) is 5.69 Å². The summed E-state index contributed by atoms with van der Waals surface area (Å²) in [7, 11) is 0. The Labute approximate surface area is 250 Å². The van der Waals surface area contributed by atoms with E-state index in [1.165, 1.54) is 11.1 Å². The van der Waals surface area contributed by atoms with Gasteiger partial charge in [0.25, 0.3) is 0 Å². The Balaban J connectivity index is 1.64. The highest BCUT2D eigenvalue weighted by molar-refractivity contribution is 5.98. The number of benzene rings is 5. The lowest BCUT2D eigenvalue weighted by Gasteiger charge is -2.32. The highest BCUT2D eigenvalue weighted by Crippen LogP contribution is 2.43. The molecule has 0 aromatic heterocycles. The standard InChI is InChI=1S/C39H43NO2/c1-8-39(7,40-30-22-16-26(2)17-23-30)29-20-18-28(19-21-29)33-24-36(38(5,6)42)34(25-35(33)37(3,4)41)32-15-11-13-27-12-9-10-14-31(27)32/h9-25,40-42H,8H2,1-7H3. The predicted octanol–water partition coefficient (Wildman–Crippen LogP) is 9.67. The molecule has 1 unspecified atom stereocenters. The first-order chi connectivity index (χ1) is 19.8. The van der Waals surface area contributed by atoms with Crippen LogP contribution in [0.5, 0.6) is 0 Å². The van der Waals surface area contributed by atoms with Crippen molar-refractivity contribution in [3.05, 3.63) is 125 Å². The summed E-state index contributed by atoms with van der Waals surface area (Å²) in [4.78, 5) is 0. The molecule has 0 aliphatic rings. The van der Waals surface area contributed by atoms with Gasteiger partial charge in [0.05, 0.1) is 16.7 Å². The molecule has 3 nitrogen and oxygen atoms in total. The van der Waals surface area contributed by atoms with Crippen LogP contribution in [-0.4, -0.2) is 10.2 Å². The zero-order chi connectivity index (χ0) is 30.3.